The Morgan fingerprint density at radius 3 is 2.73 bits per heavy atom. The summed E-state index contributed by atoms with van der Waals surface area (Å²) >= 11 is 6.05. The molecule has 0 radical (unpaired) electrons. The summed E-state index contributed by atoms with van der Waals surface area (Å²) in [6.45, 7) is 2.35. The van der Waals surface area contributed by atoms with Gasteiger partial charge in [0.25, 0.3) is 0 Å². The second-order valence-electron chi connectivity index (χ2n) is 4.41. The zero-order valence-corrected chi connectivity index (χ0v) is 9.59. The summed E-state index contributed by atoms with van der Waals surface area (Å²) < 4.78 is 0. The number of hydrogen-bond acceptors (Lipinski definition) is 2. The molecule has 0 aliphatic heterocycles. The van der Waals surface area contributed by atoms with Crippen LogP contribution in [0.5, 0.6) is 0 Å². The number of halogens is 1. The van der Waals surface area contributed by atoms with E-state index in [1.54, 1.807) is 6.92 Å². The van der Waals surface area contributed by atoms with Gasteiger partial charge >= 0.3 is 0 Å². The molecule has 1 fully saturated rings. The molecule has 2 rings (SSSR count). The van der Waals surface area contributed by atoms with Crippen molar-refractivity contribution in [2.45, 2.75) is 31.4 Å². The van der Waals surface area contributed by atoms with Gasteiger partial charge in [0.2, 0.25) is 0 Å². The van der Waals surface area contributed by atoms with Crippen molar-refractivity contribution in [2.75, 3.05) is 6.54 Å². The van der Waals surface area contributed by atoms with Gasteiger partial charge in [-0.05, 0) is 25.8 Å². The van der Waals surface area contributed by atoms with E-state index < -0.39 is 5.60 Å². The van der Waals surface area contributed by atoms with Crippen LogP contribution in [0.15, 0.2) is 24.3 Å². The molecule has 1 aliphatic rings. The maximum atomic E-state index is 10.3. The van der Waals surface area contributed by atoms with Crippen molar-refractivity contribution in [3.8, 4) is 0 Å². The smallest absolute Gasteiger partial charge is 0.101 e. The van der Waals surface area contributed by atoms with Gasteiger partial charge in [0, 0.05) is 23.2 Å². The minimum absolute atomic E-state index is 0.557. The lowest BCUT2D eigenvalue weighted by Gasteiger charge is -2.25. The van der Waals surface area contributed by atoms with Gasteiger partial charge in [-0.25, -0.2) is 0 Å². The number of hydrogen-bond donors (Lipinski definition) is 2. The molecule has 1 aromatic carbocycles. The van der Waals surface area contributed by atoms with Crippen LogP contribution in [0.4, 0.5) is 0 Å². The Bertz CT molecular complexity index is 347. The summed E-state index contributed by atoms with van der Waals surface area (Å²) in [7, 11) is 0. The summed E-state index contributed by atoms with van der Waals surface area (Å²) in [6, 6.07) is 8.04. The van der Waals surface area contributed by atoms with Gasteiger partial charge in [-0.1, -0.05) is 29.8 Å². The molecule has 0 amide bonds. The second-order valence-corrected chi connectivity index (χ2v) is 4.82. The van der Waals surface area contributed by atoms with Crippen molar-refractivity contribution in [2.24, 2.45) is 0 Å². The van der Waals surface area contributed by atoms with Crippen molar-refractivity contribution in [3.63, 3.8) is 0 Å². The molecule has 0 spiro atoms. The van der Waals surface area contributed by atoms with Crippen molar-refractivity contribution in [1.29, 1.82) is 0 Å². The van der Waals surface area contributed by atoms with Crippen LogP contribution in [0.1, 0.15) is 25.3 Å². The molecule has 3 heteroatoms. The highest BCUT2D eigenvalue weighted by atomic mass is 35.5. The monoisotopic (exact) mass is 225 g/mol. The van der Waals surface area contributed by atoms with Gasteiger partial charge in [-0.3, -0.25) is 0 Å². The largest absolute Gasteiger partial charge is 0.384 e. The Labute approximate surface area is 95.3 Å². The van der Waals surface area contributed by atoms with Gasteiger partial charge in [0.05, 0.1) is 0 Å². The van der Waals surface area contributed by atoms with Crippen LogP contribution in [-0.2, 0) is 5.60 Å². The molecule has 1 saturated carbocycles. The summed E-state index contributed by atoms with van der Waals surface area (Å²) in [4.78, 5) is 0. The fourth-order valence-corrected chi connectivity index (χ4v) is 1.96. The summed E-state index contributed by atoms with van der Waals surface area (Å²) in [5.74, 6) is 0. The SMILES string of the molecule is CC(O)(CNC1CC1)c1ccccc1Cl. The normalized spacial score (nSPS) is 19.9. The van der Waals surface area contributed by atoms with Gasteiger partial charge in [0.15, 0.2) is 0 Å². The highest BCUT2D eigenvalue weighted by Crippen LogP contribution is 2.28. The van der Waals surface area contributed by atoms with Crippen LogP contribution in [0.2, 0.25) is 5.02 Å². The van der Waals surface area contributed by atoms with Crippen LogP contribution in [0.25, 0.3) is 0 Å². The quantitative estimate of drug-likeness (QED) is 0.824. The van der Waals surface area contributed by atoms with E-state index in [1.165, 1.54) is 12.8 Å². The van der Waals surface area contributed by atoms with Gasteiger partial charge in [-0.2, -0.15) is 0 Å². The number of aliphatic hydroxyl groups is 1. The van der Waals surface area contributed by atoms with E-state index in [2.05, 4.69) is 5.32 Å². The highest BCUT2D eigenvalue weighted by Gasteiger charge is 2.29. The molecular formula is C12H16ClNO. The van der Waals surface area contributed by atoms with Crippen molar-refractivity contribution in [3.05, 3.63) is 34.9 Å². The topological polar surface area (TPSA) is 32.3 Å². The Hall–Kier alpha value is -0.570. The molecule has 2 N–H and O–H groups in total. The maximum Gasteiger partial charge on any atom is 0.101 e. The average molecular weight is 226 g/mol. The molecule has 2 nitrogen and oxygen atoms in total. The Kier molecular flexibility index (Phi) is 3.01. The summed E-state index contributed by atoms with van der Waals surface area (Å²) in [6.07, 6.45) is 2.44. The van der Waals surface area contributed by atoms with Crippen LogP contribution in [0, 0.1) is 0 Å². The van der Waals surface area contributed by atoms with Crippen molar-refractivity contribution in [1.82, 2.24) is 5.32 Å². The minimum atomic E-state index is -0.888. The predicted octanol–water partition coefficient (Wildman–Crippen LogP) is 2.30. The van der Waals surface area contributed by atoms with Gasteiger partial charge < -0.3 is 10.4 Å². The molecule has 0 bridgehead atoms. The Morgan fingerprint density at radius 2 is 2.13 bits per heavy atom. The molecule has 1 aromatic rings. The van der Waals surface area contributed by atoms with Crippen LogP contribution in [0.3, 0.4) is 0 Å². The van der Waals surface area contributed by atoms with E-state index in [1.807, 2.05) is 24.3 Å². The lowest BCUT2D eigenvalue weighted by atomic mass is 9.96. The molecule has 82 valence electrons. The third-order valence-electron chi connectivity index (χ3n) is 2.77. The molecule has 1 unspecified atom stereocenters. The average Bonchev–Trinajstić information content (AvgIpc) is 2.99. The maximum absolute atomic E-state index is 10.3. The molecule has 15 heavy (non-hydrogen) atoms. The Balaban J connectivity index is 2.08. The molecule has 0 heterocycles. The molecule has 0 saturated heterocycles. The first-order chi connectivity index (χ1) is 7.09. The standard InChI is InChI=1S/C12H16ClNO/c1-12(15,8-14-9-6-7-9)10-4-2-3-5-11(10)13/h2-5,9,14-15H,6-8H2,1H3. The minimum Gasteiger partial charge on any atom is -0.384 e. The lowest BCUT2D eigenvalue weighted by Crippen LogP contribution is -2.36. The molecule has 1 aliphatic carbocycles. The van der Waals surface area contributed by atoms with Crippen LogP contribution in [-0.4, -0.2) is 17.7 Å². The first-order valence-corrected chi connectivity index (χ1v) is 5.68. The van der Waals surface area contributed by atoms with Crippen molar-refractivity contribution >= 4 is 11.6 Å². The highest BCUT2D eigenvalue weighted by molar-refractivity contribution is 6.31. The fourth-order valence-electron chi connectivity index (χ4n) is 1.62. The van der Waals surface area contributed by atoms with E-state index in [9.17, 15) is 5.11 Å². The third kappa shape index (κ3) is 2.71. The van der Waals surface area contributed by atoms with E-state index in [-0.39, 0.29) is 0 Å². The number of nitrogens with one attached hydrogen (secondary N) is 1. The third-order valence-corrected chi connectivity index (χ3v) is 3.10. The van der Waals surface area contributed by atoms with E-state index in [0.717, 1.165) is 5.56 Å². The zero-order chi connectivity index (χ0) is 10.9. The fraction of sp³-hybridized carbons (Fsp3) is 0.500. The van der Waals surface area contributed by atoms with Crippen LogP contribution < -0.4 is 5.32 Å². The first kappa shape index (κ1) is 10.9. The number of benzene rings is 1. The summed E-state index contributed by atoms with van der Waals surface area (Å²) in [5, 5.41) is 14.2. The second kappa shape index (κ2) is 4.12. The predicted molar refractivity (Wildman–Crippen MR) is 62.0 cm³/mol. The van der Waals surface area contributed by atoms with E-state index >= 15 is 0 Å². The zero-order valence-electron chi connectivity index (χ0n) is 8.83. The van der Waals surface area contributed by atoms with E-state index in [4.69, 9.17) is 11.6 Å². The van der Waals surface area contributed by atoms with Gasteiger partial charge in [0.1, 0.15) is 5.60 Å². The lowest BCUT2D eigenvalue weighted by molar-refractivity contribution is 0.0567. The number of rotatable bonds is 4. The van der Waals surface area contributed by atoms with Crippen molar-refractivity contribution < 1.29 is 5.11 Å². The van der Waals surface area contributed by atoms with Gasteiger partial charge in [-0.15, -0.1) is 0 Å². The molecular weight excluding hydrogens is 210 g/mol. The van der Waals surface area contributed by atoms with E-state index in [0.29, 0.717) is 17.6 Å². The molecule has 1 atom stereocenters. The van der Waals surface area contributed by atoms with Crippen LogP contribution >= 0.6 is 11.6 Å². The molecule has 0 aromatic heterocycles. The first-order valence-electron chi connectivity index (χ1n) is 5.30. The summed E-state index contributed by atoms with van der Waals surface area (Å²) in [5.41, 5.74) is -0.0965. The Morgan fingerprint density at radius 1 is 1.47 bits per heavy atom.